The molecule has 0 unspecified atom stereocenters. The minimum absolute atomic E-state index is 0.00599. The van der Waals surface area contributed by atoms with Crippen molar-refractivity contribution in [2.75, 3.05) is 31.7 Å². The van der Waals surface area contributed by atoms with Gasteiger partial charge in [0.05, 0.1) is 31.3 Å². The second-order valence-electron chi connectivity index (χ2n) is 7.89. The van der Waals surface area contributed by atoms with E-state index in [0.717, 1.165) is 24.1 Å². The van der Waals surface area contributed by atoms with Gasteiger partial charge in [0.25, 0.3) is 5.91 Å². The van der Waals surface area contributed by atoms with Crippen LogP contribution in [0.5, 0.6) is 0 Å². The Morgan fingerprint density at radius 1 is 1.34 bits per heavy atom. The summed E-state index contributed by atoms with van der Waals surface area (Å²) in [4.78, 5) is 38.7. The van der Waals surface area contributed by atoms with Crippen LogP contribution in [0.25, 0.3) is 0 Å². The van der Waals surface area contributed by atoms with E-state index in [0.29, 0.717) is 43.3 Å². The first kappa shape index (κ1) is 19.5. The fraction of sp³-hybridized carbons (Fsp3) is 0.550. The molecule has 2 amide bonds. The van der Waals surface area contributed by atoms with Crippen LogP contribution in [0, 0.1) is 6.92 Å². The lowest BCUT2D eigenvalue weighted by Crippen LogP contribution is -2.44. The SMILES string of the molecule is COCCN1C(=O)Cc2c(C)nc([C@]3(C)CCCN3C(=O)c3cnn(C)c3)nc21. The highest BCUT2D eigenvalue weighted by atomic mass is 16.5. The fourth-order valence-electron chi connectivity index (χ4n) is 4.24. The number of carbonyl (C=O) groups is 2. The van der Waals surface area contributed by atoms with Gasteiger partial charge >= 0.3 is 0 Å². The van der Waals surface area contributed by atoms with Crippen LogP contribution in [0.4, 0.5) is 5.82 Å². The smallest absolute Gasteiger partial charge is 0.257 e. The number of amides is 2. The average Bonchev–Trinajstić information content (AvgIpc) is 3.37. The Hall–Kier alpha value is -2.81. The summed E-state index contributed by atoms with van der Waals surface area (Å²) >= 11 is 0. The lowest BCUT2D eigenvalue weighted by atomic mass is 9.96. The third-order valence-corrected chi connectivity index (χ3v) is 5.92. The number of ether oxygens (including phenoxy) is 1. The van der Waals surface area contributed by atoms with Gasteiger partial charge in [-0.2, -0.15) is 5.10 Å². The van der Waals surface area contributed by atoms with E-state index in [2.05, 4.69) is 5.10 Å². The molecule has 0 saturated carbocycles. The first-order chi connectivity index (χ1) is 13.8. The van der Waals surface area contributed by atoms with E-state index < -0.39 is 5.54 Å². The van der Waals surface area contributed by atoms with E-state index in [-0.39, 0.29) is 11.8 Å². The predicted molar refractivity (Wildman–Crippen MR) is 106 cm³/mol. The van der Waals surface area contributed by atoms with Crippen LogP contribution < -0.4 is 4.90 Å². The van der Waals surface area contributed by atoms with Crippen molar-refractivity contribution in [1.82, 2.24) is 24.6 Å². The van der Waals surface area contributed by atoms with Crippen LogP contribution >= 0.6 is 0 Å². The van der Waals surface area contributed by atoms with Crippen LogP contribution in [0.2, 0.25) is 0 Å². The van der Waals surface area contributed by atoms with E-state index in [9.17, 15) is 9.59 Å². The van der Waals surface area contributed by atoms with E-state index in [1.807, 2.05) is 18.7 Å². The van der Waals surface area contributed by atoms with Gasteiger partial charge in [-0.25, -0.2) is 9.97 Å². The zero-order chi connectivity index (χ0) is 20.8. The van der Waals surface area contributed by atoms with Crippen molar-refractivity contribution < 1.29 is 14.3 Å². The molecule has 2 aliphatic heterocycles. The van der Waals surface area contributed by atoms with Crippen LogP contribution in [0.3, 0.4) is 0 Å². The summed E-state index contributed by atoms with van der Waals surface area (Å²) in [5.41, 5.74) is 1.57. The fourth-order valence-corrected chi connectivity index (χ4v) is 4.24. The van der Waals surface area contributed by atoms with Crippen molar-refractivity contribution in [2.24, 2.45) is 7.05 Å². The molecule has 2 aromatic rings. The second kappa shape index (κ2) is 7.22. The van der Waals surface area contributed by atoms with Crippen molar-refractivity contribution in [1.29, 1.82) is 0 Å². The quantitative estimate of drug-likeness (QED) is 0.751. The van der Waals surface area contributed by atoms with Gasteiger partial charge < -0.3 is 9.64 Å². The summed E-state index contributed by atoms with van der Waals surface area (Å²) in [6, 6.07) is 0. The molecule has 0 aliphatic carbocycles. The van der Waals surface area contributed by atoms with Crippen LogP contribution in [0.15, 0.2) is 12.4 Å². The van der Waals surface area contributed by atoms with Crippen molar-refractivity contribution in [3.05, 3.63) is 35.0 Å². The van der Waals surface area contributed by atoms with Gasteiger partial charge in [0, 0.05) is 38.2 Å². The third kappa shape index (κ3) is 3.19. The number of likely N-dealkylation sites (tertiary alicyclic amines) is 1. The molecule has 0 spiro atoms. The number of aryl methyl sites for hydroxylation is 2. The van der Waals surface area contributed by atoms with Crippen molar-refractivity contribution in [3.8, 4) is 0 Å². The standard InChI is InChI=1S/C20H26N6O3/c1-13-15-10-16(27)25(8-9-29-4)17(15)23-19(22-13)20(2)6-5-7-26(20)18(28)14-11-21-24(3)12-14/h11-12H,5-10H2,1-4H3/t20-/m0/s1. The van der Waals surface area contributed by atoms with Crippen molar-refractivity contribution in [3.63, 3.8) is 0 Å². The van der Waals surface area contributed by atoms with Gasteiger partial charge in [-0.05, 0) is 26.7 Å². The number of hydrogen-bond acceptors (Lipinski definition) is 6. The average molecular weight is 398 g/mol. The molecule has 9 heteroatoms. The molecule has 0 radical (unpaired) electrons. The normalized spacial score (nSPS) is 21.2. The Morgan fingerprint density at radius 2 is 2.14 bits per heavy atom. The zero-order valence-electron chi connectivity index (χ0n) is 17.3. The molecule has 2 aliphatic rings. The molecule has 29 heavy (non-hydrogen) atoms. The molecule has 1 atom stereocenters. The summed E-state index contributed by atoms with van der Waals surface area (Å²) in [6.07, 6.45) is 5.25. The Balaban J connectivity index is 1.72. The molecule has 0 N–H and O–H groups in total. The minimum atomic E-state index is -0.634. The summed E-state index contributed by atoms with van der Waals surface area (Å²) < 4.78 is 6.77. The van der Waals surface area contributed by atoms with Gasteiger partial charge in [0.15, 0.2) is 5.82 Å². The summed E-state index contributed by atoms with van der Waals surface area (Å²) in [5, 5.41) is 4.12. The van der Waals surface area contributed by atoms with Crippen molar-refractivity contribution >= 4 is 17.6 Å². The van der Waals surface area contributed by atoms with Crippen LogP contribution in [0.1, 0.15) is 47.2 Å². The van der Waals surface area contributed by atoms with Crippen molar-refractivity contribution in [2.45, 2.75) is 38.6 Å². The van der Waals surface area contributed by atoms with E-state index in [1.54, 1.807) is 36.1 Å². The van der Waals surface area contributed by atoms with E-state index in [4.69, 9.17) is 14.7 Å². The van der Waals surface area contributed by atoms with Gasteiger partial charge in [-0.15, -0.1) is 0 Å². The maximum Gasteiger partial charge on any atom is 0.257 e. The lowest BCUT2D eigenvalue weighted by molar-refractivity contribution is -0.117. The minimum Gasteiger partial charge on any atom is -0.383 e. The Kier molecular flexibility index (Phi) is 4.85. The summed E-state index contributed by atoms with van der Waals surface area (Å²) in [7, 11) is 3.40. The number of hydrogen-bond donors (Lipinski definition) is 0. The largest absolute Gasteiger partial charge is 0.383 e. The van der Waals surface area contributed by atoms with E-state index >= 15 is 0 Å². The van der Waals surface area contributed by atoms with Gasteiger partial charge in [-0.1, -0.05) is 0 Å². The number of aromatic nitrogens is 4. The maximum absolute atomic E-state index is 13.2. The third-order valence-electron chi connectivity index (χ3n) is 5.92. The zero-order valence-corrected chi connectivity index (χ0v) is 17.3. The first-order valence-corrected chi connectivity index (χ1v) is 9.83. The molecular weight excluding hydrogens is 372 g/mol. The summed E-state index contributed by atoms with van der Waals surface area (Å²) in [5.74, 6) is 1.16. The number of carbonyl (C=O) groups excluding carboxylic acids is 2. The molecular formula is C20H26N6O3. The van der Waals surface area contributed by atoms with E-state index in [1.165, 1.54) is 0 Å². The number of methoxy groups -OCH3 is 1. The topological polar surface area (TPSA) is 93.5 Å². The molecule has 2 aromatic heterocycles. The Bertz CT molecular complexity index is 971. The Morgan fingerprint density at radius 3 is 2.83 bits per heavy atom. The molecule has 4 heterocycles. The molecule has 0 aromatic carbocycles. The van der Waals surface area contributed by atoms with Crippen LogP contribution in [-0.4, -0.2) is 63.3 Å². The number of fused-ring (bicyclic) bond motifs is 1. The van der Waals surface area contributed by atoms with Crippen LogP contribution in [-0.2, 0) is 28.5 Å². The van der Waals surface area contributed by atoms with Gasteiger partial charge in [0.1, 0.15) is 11.4 Å². The molecule has 154 valence electrons. The van der Waals surface area contributed by atoms with Gasteiger partial charge in [-0.3, -0.25) is 19.2 Å². The van der Waals surface area contributed by atoms with Gasteiger partial charge in [0.2, 0.25) is 5.91 Å². The lowest BCUT2D eigenvalue weighted by Gasteiger charge is -2.34. The number of nitrogens with zero attached hydrogens (tertiary/aromatic N) is 6. The number of rotatable bonds is 5. The monoisotopic (exact) mass is 398 g/mol. The second-order valence-corrected chi connectivity index (χ2v) is 7.89. The molecule has 0 bridgehead atoms. The highest BCUT2D eigenvalue weighted by Gasteiger charge is 2.45. The molecule has 4 rings (SSSR count). The highest BCUT2D eigenvalue weighted by molar-refractivity contribution is 6.00. The molecule has 1 saturated heterocycles. The number of anilines is 1. The maximum atomic E-state index is 13.2. The first-order valence-electron chi connectivity index (χ1n) is 9.83. The highest BCUT2D eigenvalue weighted by Crippen LogP contribution is 2.40. The predicted octanol–water partition coefficient (Wildman–Crippen LogP) is 1.21. The Labute approximate surface area is 169 Å². The summed E-state index contributed by atoms with van der Waals surface area (Å²) in [6.45, 7) is 5.43. The molecule has 9 nitrogen and oxygen atoms in total. The molecule has 1 fully saturated rings.